The minimum atomic E-state index is -0.253. The predicted octanol–water partition coefficient (Wildman–Crippen LogP) is 6.17. The SMILES string of the molecule is COc1ccc(-c2c(Nc3ccccn3)[nH]c3c(-c4ccccc4)c(-c4ccccc4)nn3c2=O)cc1. The number of aromatic nitrogens is 4. The first-order valence-electron chi connectivity index (χ1n) is 11.9. The van der Waals surface area contributed by atoms with Gasteiger partial charge in [0.1, 0.15) is 28.7 Å². The summed E-state index contributed by atoms with van der Waals surface area (Å²) in [5, 5.41) is 8.15. The Morgan fingerprint density at radius 3 is 2.05 bits per heavy atom. The molecule has 7 heteroatoms. The van der Waals surface area contributed by atoms with Gasteiger partial charge in [-0.1, -0.05) is 78.9 Å². The average molecular weight is 486 g/mol. The van der Waals surface area contributed by atoms with Gasteiger partial charge in [-0.3, -0.25) is 4.79 Å². The van der Waals surface area contributed by atoms with Crippen LogP contribution in [0.15, 0.2) is 114 Å². The molecule has 0 bridgehead atoms. The highest BCUT2D eigenvalue weighted by atomic mass is 16.5. The average Bonchev–Trinajstić information content (AvgIpc) is 3.35. The van der Waals surface area contributed by atoms with Crippen molar-refractivity contribution in [2.45, 2.75) is 0 Å². The smallest absolute Gasteiger partial charge is 0.284 e. The molecule has 3 aromatic carbocycles. The summed E-state index contributed by atoms with van der Waals surface area (Å²) in [6.07, 6.45) is 1.70. The topological polar surface area (TPSA) is 84.3 Å². The van der Waals surface area contributed by atoms with E-state index in [9.17, 15) is 4.79 Å². The Balaban J connectivity index is 1.67. The molecule has 0 spiro atoms. The molecule has 0 atom stereocenters. The monoisotopic (exact) mass is 485 g/mol. The Morgan fingerprint density at radius 1 is 0.757 bits per heavy atom. The number of ether oxygens (including phenoxy) is 1. The lowest BCUT2D eigenvalue weighted by molar-refractivity contribution is 0.415. The minimum Gasteiger partial charge on any atom is -0.497 e. The van der Waals surface area contributed by atoms with Gasteiger partial charge in [0, 0.05) is 11.8 Å². The second-order valence-electron chi connectivity index (χ2n) is 8.46. The Kier molecular flexibility index (Phi) is 5.71. The van der Waals surface area contributed by atoms with Crippen LogP contribution in [0.5, 0.6) is 5.75 Å². The zero-order valence-electron chi connectivity index (χ0n) is 20.1. The number of hydrogen-bond donors (Lipinski definition) is 2. The number of pyridine rings is 1. The van der Waals surface area contributed by atoms with E-state index < -0.39 is 0 Å². The number of aromatic amines is 1. The highest BCUT2D eigenvalue weighted by molar-refractivity contribution is 5.92. The maximum absolute atomic E-state index is 14.1. The van der Waals surface area contributed by atoms with Gasteiger partial charge in [-0.05, 0) is 35.4 Å². The van der Waals surface area contributed by atoms with E-state index in [1.807, 2.05) is 103 Å². The Bertz CT molecular complexity index is 1730. The van der Waals surface area contributed by atoms with Crippen LogP contribution >= 0.6 is 0 Å². The second-order valence-corrected chi connectivity index (χ2v) is 8.46. The largest absolute Gasteiger partial charge is 0.497 e. The van der Waals surface area contributed by atoms with E-state index in [1.165, 1.54) is 4.52 Å². The van der Waals surface area contributed by atoms with E-state index in [0.29, 0.717) is 28.6 Å². The molecule has 3 aromatic heterocycles. The van der Waals surface area contributed by atoms with Crippen LogP contribution in [-0.2, 0) is 0 Å². The summed E-state index contributed by atoms with van der Waals surface area (Å²) in [5.74, 6) is 1.84. The third kappa shape index (κ3) is 4.12. The third-order valence-electron chi connectivity index (χ3n) is 6.19. The first-order valence-corrected chi connectivity index (χ1v) is 11.9. The second kappa shape index (κ2) is 9.47. The van der Waals surface area contributed by atoms with Crippen molar-refractivity contribution < 1.29 is 4.74 Å². The molecule has 7 nitrogen and oxygen atoms in total. The van der Waals surface area contributed by atoms with E-state index in [1.54, 1.807) is 13.3 Å². The van der Waals surface area contributed by atoms with Crippen molar-refractivity contribution in [1.29, 1.82) is 0 Å². The fraction of sp³-hybridized carbons (Fsp3) is 0.0333. The van der Waals surface area contributed by atoms with Crippen molar-refractivity contribution >= 4 is 17.3 Å². The standard InChI is InChI=1S/C30H23N5O2/c1-37-23-17-15-21(16-18-23)26-28(32-24-14-8-9-19-31-24)33-29-25(20-10-4-2-5-11-20)27(34-35(29)30(26)36)22-12-6-3-7-13-22/h2-19,33H,1H3,(H,31,32). The van der Waals surface area contributed by atoms with Crippen LogP contribution in [0.25, 0.3) is 39.2 Å². The highest BCUT2D eigenvalue weighted by Gasteiger charge is 2.23. The van der Waals surface area contributed by atoms with Crippen molar-refractivity contribution in [3.63, 3.8) is 0 Å². The molecule has 0 aliphatic heterocycles. The lowest BCUT2D eigenvalue weighted by atomic mass is 10.0. The van der Waals surface area contributed by atoms with Crippen LogP contribution in [-0.4, -0.2) is 26.7 Å². The van der Waals surface area contributed by atoms with Gasteiger partial charge in [-0.25, -0.2) is 4.98 Å². The van der Waals surface area contributed by atoms with Crippen LogP contribution in [0.4, 0.5) is 11.6 Å². The molecular weight excluding hydrogens is 462 g/mol. The lowest BCUT2D eigenvalue weighted by Gasteiger charge is -2.13. The van der Waals surface area contributed by atoms with Crippen molar-refractivity contribution in [2.75, 3.05) is 12.4 Å². The van der Waals surface area contributed by atoms with Gasteiger partial charge in [0.15, 0.2) is 0 Å². The zero-order chi connectivity index (χ0) is 25.2. The summed E-state index contributed by atoms with van der Waals surface area (Å²) < 4.78 is 6.77. The number of methoxy groups -OCH3 is 1. The molecule has 2 N–H and O–H groups in total. The third-order valence-corrected chi connectivity index (χ3v) is 6.19. The molecule has 0 unspecified atom stereocenters. The van der Waals surface area contributed by atoms with Crippen molar-refractivity contribution in [1.82, 2.24) is 19.6 Å². The number of nitrogens with zero attached hydrogens (tertiary/aromatic N) is 3. The zero-order valence-corrected chi connectivity index (χ0v) is 20.1. The van der Waals surface area contributed by atoms with Crippen LogP contribution in [0.2, 0.25) is 0 Å². The summed E-state index contributed by atoms with van der Waals surface area (Å²) in [4.78, 5) is 22.0. The van der Waals surface area contributed by atoms with E-state index in [2.05, 4.69) is 15.3 Å². The normalized spacial score (nSPS) is 10.9. The van der Waals surface area contributed by atoms with Gasteiger partial charge < -0.3 is 15.0 Å². The van der Waals surface area contributed by atoms with Gasteiger partial charge in [0.05, 0.1) is 18.2 Å². The van der Waals surface area contributed by atoms with Gasteiger partial charge in [0.25, 0.3) is 5.56 Å². The van der Waals surface area contributed by atoms with Gasteiger partial charge in [-0.15, -0.1) is 0 Å². The van der Waals surface area contributed by atoms with E-state index in [-0.39, 0.29) is 5.56 Å². The molecule has 0 amide bonds. The van der Waals surface area contributed by atoms with Gasteiger partial charge in [0.2, 0.25) is 0 Å². The molecule has 6 aromatic rings. The molecular formula is C30H23N5O2. The molecule has 0 fully saturated rings. The molecule has 37 heavy (non-hydrogen) atoms. The lowest BCUT2D eigenvalue weighted by Crippen LogP contribution is -2.19. The number of hydrogen-bond acceptors (Lipinski definition) is 5. The predicted molar refractivity (Wildman–Crippen MR) is 146 cm³/mol. The quantitative estimate of drug-likeness (QED) is 0.295. The molecule has 180 valence electrons. The van der Waals surface area contributed by atoms with Crippen molar-refractivity contribution in [2.24, 2.45) is 0 Å². The van der Waals surface area contributed by atoms with Crippen LogP contribution in [0.1, 0.15) is 0 Å². The van der Waals surface area contributed by atoms with Crippen LogP contribution in [0.3, 0.4) is 0 Å². The summed E-state index contributed by atoms with van der Waals surface area (Å²) in [6, 6.07) is 32.8. The highest BCUT2D eigenvalue weighted by Crippen LogP contribution is 2.36. The maximum atomic E-state index is 14.1. The number of benzene rings is 3. The van der Waals surface area contributed by atoms with Gasteiger partial charge in [-0.2, -0.15) is 9.61 Å². The number of fused-ring (bicyclic) bond motifs is 1. The molecule has 0 saturated carbocycles. The van der Waals surface area contributed by atoms with Crippen molar-refractivity contribution in [3.8, 4) is 39.3 Å². The number of nitrogens with one attached hydrogen (secondary N) is 2. The molecule has 0 aliphatic rings. The number of H-pyrrole nitrogens is 1. The molecule has 6 rings (SSSR count). The van der Waals surface area contributed by atoms with E-state index in [4.69, 9.17) is 9.84 Å². The van der Waals surface area contributed by atoms with Crippen LogP contribution in [0, 0.1) is 0 Å². The summed E-state index contributed by atoms with van der Waals surface area (Å²) >= 11 is 0. The number of rotatable bonds is 6. The van der Waals surface area contributed by atoms with E-state index in [0.717, 1.165) is 27.9 Å². The first kappa shape index (κ1) is 22.3. The Morgan fingerprint density at radius 2 is 1.41 bits per heavy atom. The van der Waals surface area contributed by atoms with Crippen molar-refractivity contribution in [3.05, 3.63) is 120 Å². The molecule has 0 saturated heterocycles. The molecule has 3 heterocycles. The fourth-order valence-electron chi connectivity index (χ4n) is 4.43. The van der Waals surface area contributed by atoms with E-state index >= 15 is 0 Å². The number of anilines is 2. The molecule has 0 radical (unpaired) electrons. The minimum absolute atomic E-state index is 0.253. The summed E-state index contributed by atoms with van der Waals surface area (Å²) in [7, 11) is 1.61. The Labute approximate surface area is 213 Å². The summed E-state index contributed by atoms with van der Waals surface area (Å²) in [5.41, 5.74) is 4.94. The van der Waals surface area contributed by atoms with Crippen LogP contribution < -0.4 is 15.6 Å². The van der Waals surface area contributed by atoms with Gasteiger partial charge >= 0.3 is 0 Å². The maximum Gasteiger partial charge on any atom is 0.284 e. The summed E-state index contributed by atoms with van der Waals surface area (Å²) in [6.45, 7) is 0. The molecule has 0 aliphatic carbocycles. The fourth-order valence-corrected chi connectivity index (χ4v) is 4.43. The Hall–Kier alpha value is -5.17. The first-order chi connectivity index (χ1) is 18.2.